The minimum Gasteiger partial charge on any atom is -0.348 e. The molecule has 5 nitrogen and oxygen atoms in total. The van der Waals surface area contributed by atoms with Crippen molar-refractivity contribution >= 4 is 21.6 Å². The van der Waals surface area contributed by atoms with Gasteiger partial charge in [-0.3, -0.25) is 9.10 Å². The van der Waals surface area contributed by atoms with Crippen LogP contribution in [-0.4, -0.2) is 26.6 Å². The van der Waals surface area contributed by atoms with Crippen LogP contribution in [0.1, 0.15) is 34.0 Å². The summed E-state index contributed by atoms with van der Waals surface area (Å²) in [6, 6.07) is 6.42. The van der Waals surface area contributed by atoms with E-state index < -0.39 is 40.0 Å². The zero-order valence-corrected chi connectivity index (χ0v) is 16.4. The Hall–Kier alpha value is -2.62. The van der Waals surface area contributed by atoms with Crippen molar-refractivity contribution in [2.45, 2.75) is 32.1 Å². The van der Waals surface area contributed by atoms with Crippen molar-refractivity contribution in [2.24, 2.45) is 0 Å². The van der Waals surface area contributed by atoms with Gasteiger partial charge in [0, 0.05) is 18.2 Å². The highest BCUT2D eigenvalue weighted by atomic mass is 32.2. The monoisotopic (exact) mass is 430 g/mol. The molecule has 1 amide bonds. The lowest BCUT2D eigenvalue weighted by Gasteiger charge is -2.21. The lowest BCUT2D eigenvalue weighted by atomic mass is 10.1. The van der Waals surface area contributed by atoms with E-state index in [9.17, 15) is 30.8 Å². The average Bonchev–Trinajstić information content (AvgIpc) is 2.94. The highest BCUT2D eigenvalue weighted by Crippen LogP contribution is 2.35. The van der Waals surface area contributed by atoms with E-state index in [-0.39, 0.29) is 17.2 Å². The highest BCUT2D eigenvalue weighted by molar-refractivity contribution is 7.92. The molecule has 156 valence electrons. The van der Waals surface area contributed by atoms with Crippen LogP contribution in [0, 0.1) is 5.82 Å². The van der Waals surface area contributed by atoms with Gasteiger partial charge in [0.1, 0.15) is 5.82 Å². The van der Waals surface area contributed by atoms with E-state index in [1.807, 2.05) is 0 Å². The maximum atomic E-state index is 13.2. The zero-order valence-electron chi connectivity index (χ0n) is 15.5. The van der Waals surface area contributed by atoms with Crippen LogP contribution in [0.5, 0.6) is 0 Å². The summed E-state index contributed by atoms with van der Waals surface area (Å²) in [6.07, 6.45) is -3.24. The highest BCUT2D eigenvalue weighted by Gasteiger charge is 2.34. The van der Waals surface area contributed by atoms with Crippen molar-refractivity contribution in [1.82, 2.24) is 5.32 Å². The van der Waals surface area contributed by atoms with Crippen LogP contribution in [-0.2, 0) is 29.2 Å². The van der Waals surface area contributed by atoms with Gasteiger partial charge in [-0.15, -0.1) is 0 Å². The fraction of sp³-hybridized carbons (Fsp3) is 0.316. The molecular formula is C19H18F4N2O3S. The fourth-order valence-electron chi connectivity index (χ4n) is 3.49. The van der Waals surface area contributed by atoms with E-state index in [1.54, 1.807) is 6.92 Å². The summed E-state index contributed by atoms with van der Waals surface area (Å²) < 4.78 is 77.5. The summed E-state index contributed by atoms with van der Waals surface area (Å²) >= 11 is 0. The molecule has 0 aromatic heterocycles. The first-order chi connectivity index (χ1) is 13.4. The van der Waals surface area contributed by atoms with Gasteiger partial charge in [0.25, 0.3) is 5.91 Å². The number of carbonyl (C=O) groups excluding carboxylic acids is 1. The number of sulfonamides is 1. The van der Waals surface area contributed by atoms with Crippen molar-refractivity contribution in [3.63, 3.8) is 0 Å². The van der Waals surface area contributed by atoms with Gasteiger partial charge in [-0.2, -0.15) is 13.2 Å². The molecule has 0 saturated heterocycles. The lowest BCUT2D eigenvalue weighted by molar-refractivity contribution is -0.138. The summed E-state index contributed by atoms with van der Waals surface area (Å²) in [5.41, 5.74) is -0.0700. The Morgan fingerprint density at radius 3 is 2.52 bits per heavy atom. The second-order valence-corrected chi connectivity index (χ2v) is 8.80. The van der Waals surface area contributed by atoms with E-state index >= 15 is 0 Å². The number of hydrogen-bond acceptors (Lipinski definition) is 3. The predicted octanol–water partition coefficient (Wildman–Crippen LogP) is 3.49. The van der Waals surface area contributed by atoms with E-state index in [0.29, 0.717) is 23.7 Å². The topological polar surface area (TPSA) is 66.5 Å². The number of fused-ring (bicyclic) bond motifs is 1. The number of nitrogens with one attached hydrogen (secondary N) is 1. The van der Waals surface area contributed by atoms with Gasteiger partial charge >= 0.3 is 6.18 Å². The van der Waals surface area contributed by atoms with Crippen LogP contribution in [0.25, 0.3) is 0 Å². The van der Waals surface area contributed by atoms with Gasteiger partial charge in [-0.25, -0.2) is 12.8 Å². The molecule has 0 saturated carbocycles. The first-order valence-corrected chi connectivity index (χ1v) is 10.5. The zero-order chi connectivity index (χ0) is 21.6. The molecule has 2 aromatic rings. The molecule has 1 unspecified atom stereocenters. The second-order valence-electron chi connectivity index (χ2n) is 6.94. The largest absolute Gasteiger partial charge is 0.416 e. The van der Waals surface area contributed by atoms with Crippen LogP contribution in [0.15, 0.2) is 36.4 Å². The molecule has 1 aliphatic rings. The molecule has 10 heteroatoms. The molecule has 0 spiro atoms. The van der Waals surface area contributed by atoms with Crippen molar-refractivity contribution in [2.75, 3.05) is 10.6 Å². The van der Waals surface area contributed by atoms with Crippen molar-refractivity contribution < 1.29 is 30.8 Å². The van der Waals surface area contributed by atoms with Crippen molar-refractivity contribution in [1.29, 1.82) is 0 Å². The Bertz CT molecular complexity index is 1070. The molecule has 1 atom stereocenters. The number of rotatable bonds is 4. The number of alkyl halides is 3. The third-order valence-corrected chi connectivity index (χ3v) is 5.94. The third kappa shape index (κ3) is 4.36. The molecule has 0 fully saturated rings. The van der Waals surface area contributed by atoms with Gasteiger partial charge in [-0.05, 0) is 54.8 Å². The lowest BCUT2D eigenvalue weighted by Crippen LogP contribution is -2.34. The van der Waals surface area contributed by atoms with Gasteiger partial charge in [0.2, 0.25) is 10.0 Å². The fourth-order valence-corrected chi connectivity index (χ4v) is 4.76. The van der Waals surface area contributed by atoms with Crippen molar-refractivity contribution in [3.05, 3.63) is 64.5 Å². The van der Waals surface area contributed by atoms with E-state index in [1.165, 1.54) is 22.5 Å². The van der Waals surface area contributed by atoms with Gasteiger partial charge in [0.05, 0.1) is 17.5 Å². The minimum absolute atomic E-state index is 0.196. The first-order valence-electron chi connectivity index (χ1n) is 8.64. The second kappa shape index (κ2) is 7.33. The molecule has 3 rings (SSSR count). The number of anilines is 1. The molecule has 0 bridgehead atoms. The molecule has 0 aliphatic carbocycles. The minimum atomic E-state index is -4.75. The third-order valence-electron chi connectivity index (χ3n) is 4.67. The molecule has 1 aliphatic heterocycles. The van der Waals surface area contributed by atoms with Crippen LogP contribution in [0.4, 0.5) is 23.2 Å². The summed E-state index contributed by atoms with van der Waals surface area (Å²) in [7, 11) is -3.47. The summed E-state index contributed by atoms with van der Waals surface area (Å²) in [6.45, 7) is 1.31. The number of nitrogens with zero attached hydrogens (tertiary/aromatic N) is 1. The first kappa shape index (κ1) is 21.1. The van der Waals surface area contributed by atoms with Crippen LogP contribution in [0.2, 0.25) is 0 Å². The normalized spacial score (nSPS) is 16.6. The number of benzene rings is 2. The Morgan fingerprint density at radius 2 is 1.90 bits per heavy atom. The van der Waals surface area contributed by atoms with E-state index in [2.05, 4.69) is 5.32 Å². The summed E-state index contributed by atoms with van der Waals surface area (Å²) in [5, 5.41) is 2.40. The quantitative estimate of drug-likeness (QED) is 0.756. The van der Waals surface area contributed by atoms with Crippen LogP contribution in [0.3, 0.4) is 0 Å². The van der Waals surface area contributed by atoms with E-state index in [4.69, 9.17) is 0 Å². The van der Waals surface area contributed by atoms with Crippen LogP contribution >= 0.6 is 0 Å². The summed E-state index contributed by atoms with van der Waals surface area (Å²) in [5.74, 6) is -1.63. The van der Waals surface area contributed by atoms with Gasteiger partial charge in [0.15, 0.2) is 0 Å². The van der Waals surface area contributed by atoms with Gasteiger partial charge in [-0.1, -0.05) is 6.07 Å². The number of carbonyl (C=O) groups is 1. The smallest absolute Gasteiger partial charge is 0.348 e. The Balaban J connectivity index is 1.80. The number of amides is 1. The number of hydrogen-bond donors (Lipinski definition) is 1. The molecule has 1 N–H and O–H groups in total. The van der Waals surface area contributed by atoms with E-state index in [0.717, 1.165) is 18.4 Å². The average molecular weight is 430 g/mol. The Morgan fingerprint density at radius 1 is 1.21 bits per heavy atom. The summed E-state index contributed by atoms with van der Waals surface area (Å²) in [4.78, 5) is 12.4. The molecule has 2 aromatic carbocycles. The Kier molecular flexibility index (Phi) is 5.33. The molecule has 0 radical (unpaired) electrons. The Labute approximate surface area is 165 Å². The van der Waals surface area contributed by atoms with Crippen LogP contribution < -0.4 is 9.62 Å². The predicted molar refractivity (Wildman–Crippen MR) is 99.5 cm³/mol. The molecule has 29 heavy (non-hydrogen) atoms. The maximum Gasteiger partial charge on any atom is 0.416 e. The SMILES string of the molecule is CC1Cc2cc(C(=O)NCc3ccc(F)cc3C(F)(F)F)ccc2N1S(C)(=O)=O. The van der Waals surface area contributed by atoms with Gasteiger partial charge < -0.3 is 5.32 Å². The number of halogens is 4. The standard InChI is InChI=1S/C19H18F4N2O3S/c1-11-7-14-8-12(4-6-17(14)25(11)29(2,27)28)18(26)24-10-13-3-5-15(20)9-16(13)19(21,22)23/h3-6,8-9,11H,7,10H2,1-2H3,(H,24,26). The maximum absolute atomic E-state index is 13.2. The van der Waals surface area contributed by atoms with Crippen molar-refractivity contribution in [3.8, 4) is 0 Å². The molecule has 1 heterocycles. The molecular weight excluding hydrogens is 412 g/mol.